The van der Waals surface area contributed by atoms with Crippen molar-refractivity contribution in [1.29, 1.82) is 0 Å². The Balaban J connectivity index is 0.000000186. The second-order valence-corrected chi connectivity index (χ2v) is 7.44. The molecule has 0 unspecified atom stereocenters. The Morgan fingerprint density at radius 3 is 2.12 bits per heavy atom. The lowest BCUT2D eigenvalue weighted by Crippen LogP contribution is -2.19. The largest absolute Gasteiger partial charge is 0.381 e. The summed E-state index contributed by atoms with van der Waals surface area (Å²) in [6.45, 7) is 13.7. The summed E-state index contributed by atoms with van der Waals surface area (Å²) in [5.74, 6) is 1.17. The molecule has 0 atom stereocenters. The molecule has 1 saturated heterocycles. The molecular weight excluding hydrogens is 312 g/mol. The maximum Gasteiger partial charge on any atom is 0.0563 e. The van der Waals surface area contributed by atoms with Crippen LogP contribution in [0.2, 0.25) is 0 Å². The number of hydrogen-bond acceptors (Lipinski definition) is 3. The van der Waals surface area contributed by atoms with Crippen molar-refractivity contribution in [2.45, 2.75) is 78.3 Å². The standard InChI is InChI=1S/C11H18N2O.C9H16N2/c1-9(2)10-7-12-13(8-10)11-3-5-14-6-4-11;1-4-5-11-7-9(6-10-11)8(2)3/h7-9,11H,3-6H2,1-2H3;6-8H,4-5H2,1-3H3. The average molecular weight is 347 g/mol. The van der Waals surface area contributed by atoms with E-state index in [0.717, 1.165) is 39.0 Å². The van der Waals surface area contributed by atoms with Gasteiger partial charge >= 0.3 is 0 Å². The number of nitrogens with zero attached hydrogens (tertiary/aromatic N) is 4. The van der Waals surface area contributed by atoms with E-state index in [9.17, 15) is 0 Å². The first-order valence-electron chi connectivity index (χ1n) is 9.65. The van der Waals surface area contributed by atoms with Gasteiger partial charge in [-0.05, 0) is 42.2 Å². The Labute approximate surface area is 152 Å². The van der Waals surface area contributed by atoms with Crippen LogP contribution in [-0.2, 0) is 11.3 Å². The molecule has 0 N–H and O–H groups in total. The SMILES string of the molecule is CC(C)c1cnn(C2CCOCC2)c1.CCCn1cc(C(C)C)cn1. The zero-order chi connectivity index (χ0) is 18.2. The van der Waals surface area contributed by atoms with Crippen molar-refractivity contribution in [3.63, 3.8) is 0 Å². The van der Waals surface area contributed by atoms with Crippen molar-refractivity contribution in [1.82, 2.24) is 19.6 Å². The number of ether oxygens (including phenoxy) is 1. The highest BCUT2D eigenvalue weighted by Gasteiger charge is 2.16. The first kappa shape index (κ1) is 19.7. The smallest absolute Gasteiger partial charge is 0.0563 e. The first-order valence-corrected chi connectivity index (χ1v) is 9.65. The normalized spacial score (nSPS) is 15.5. The van der Waals surface area contributed by atoms with Crippen LogP contribution in [0.5, 0.6) is 0 Å². The van der Waals surface area contributed by atoms with Crippen molar-refractivity contribution < 1.29 is 4.74 Å². The van der Waals surface area contributed by atoms with E-state index in [1.807, 2.05) is 17.1 Å². The van der Waals surface area contributed by atoms with E-state index in [1.54, 1.807) is 0 Å². The second kappa shape index (κ2) is 9.76. The summed E-state index contributed by atoms with van der Waals surface area (Å²) in [7, 11) is 0. The second-order valence-electron chi connectivity index (χ2n) is 7.44. The van der Waals surface area contributed by atoms with E-state index in [0.29, 0.717) is 17.9 Å². The molecular formula is C20H34N4O. The maximum atomic E-state index is 5.33. The van der Waals surface area contributed by atoms with Crippen LogP contribution in [-0.4, -0.2) is 32.8 Å². The van der Waals surface area contributed by atoms with Gasteiger partial charge in [-0.25, -0.2) is 0 Å². The predicted molar refractivity (Wildman–Crippen MR) is 102 cm³/mol. The van der Waals surface area contributed by atoms with Gasteiger partial charge in [-0.2, -0.15) is 10.2 Å². The van der Waals surface area contributed by atoms with Gasteiger partial charge in [-0.15, -0.1) is 0 Å². The minimum Gasteiger partial charge on any atom is -0.381 e. The van der Waals surface area contributed by atoms with Crippen molar-refractivity contribution in [2.24, 2.45) is 0 Å². The van der Waals surface area contributed by atoms with Gasteiger partial charge in [0.05, 0.1) is 18.4 Å². The lowest BCUT2D eigenvalue weighted by molar-refractivity contribution is 0.0662. The summed E-state index contributed by atoms with van der Waals surface area (Å²) in [5.41, 5.74) is 2.66. The van der Waals surface area contributed by atoms with E-state index in [4.69, 9.17) is 4.74 Å². The van der Waals surface area contributed by atoms with Gasteiger partial charge in [-0.3, -0.25) is 9.36 Å². The third-order valence-corrected chi connectivity index (χ3v) is 4.63. The summed E-state index contributed by atoms with van der Waals surface area (Å²) in [6, 6.07) is 0.552. The van der Waals surface area contributed by atoms with Crippen LogP contribution in [0.1, 0.15) is 82.9 Å². The van der Waals surface area contributed by atoms with E-state index < -0.39 is 0 Å². The molecule has 1 aliphatic rings. The highest BCUT2D eigenvalue weighted by molar-refractivity contribution is 5.09. The molecule has 0 spiro atoms. The third-order valence-electron chi connectivity index (χ3n) is 4.63. The minimum atomic E-state index is 0.552. The van der Waals surface area contributed by atoms with Gasteiger partial charge < -0.3 is 4.74 Å². The molecule has 0 aromatic carbocycles. The quantitative estimate of drug-likeness (QED) is 0.783. The predicted octanol–water partition coefficient (Wildman–Crippen LogP) is 4.77. The summed E-state index contributed by atoms with van der Waals surface area (Å²) in [4.78, 5) is 0. The molecule has 3 rings (SSSR count). The Kier molecular flexibility index (Phi) is 7.69. The highest BCUT2D eigenvalue weighted by atomic mass is 16.5. The molecule has 0 amide bonds. The number of aryl methyl sites for hydroxylation is 1. The topological polar surface area (TPSA) is 44.9 Å². The molecule has 0 aliphatic carbocycles. The number of hydrogen-bond donors (Lipinski definition) is 0. The Bertz CT molecular complexity index is 609. The van der Waals surface area contributed by atoms with E-state index >= 15 is 0 Å². The minimum absolute atomic E-state index is 0.552. The summed E-state index contributed by atoms with van der Waals surface area (Å²) >= 11 is 0. The Morgan fingerprint density at radius 1 is 1.00 bits per heavy atom. The zero-order valence-electron chi connectivity index (χ0n) is 16.5. The van der Waals surface area contributed by atoms with E-state index in [-0.39, 0.29) is 0 Å². The number of aromatic nitrogens is 4. The van der Waals surface area contributed by atoms with Gasteiger partial charge in [0.15, 0.2) is 0 Å². The van der Waals surface area contributed by atoms with Crippen LogP contribution in [0.4, 0.5) is 0 Å². The van der Waals surface area contributed by atoms with Crippen LogP contribution in [0.3, 0.4) is 0 Å². The summed E-state index contributed by atoms with van der Waals surface area (Å²) in [6.07, 6.45) is 11.6. The summed E-state index contributed by atoms with van der Waals surface area (Å²) in [5, 5.41) is 8.67. The molecule has 25 heavy (non-hydrogen) atoms. The van der Waals surface area contributed by atoms with Crippen molar-refractivity contribution in [3.05, 3.63) is 35.9 Å². The fraction of sp³-hybridized carbons (Fsp3) is 0.700. The van der Waals surface area contributed by atoms with Crippen LogP contribution >= 0.6 is 0 Å². The van der Waals surface area contributed by atoms with Crippen molar-refractivity contribution in [3.8, 4) is 0 Å². The Hall–Kier alpha value is -1.62. The molecule has 1 fully saturated rings. The molecule has 0 radical (unpaired) electrons. The molecule has 3 heterocycles. The molecule has 140 valence electrons. The summed E-state index contributed by atoms with van der Waals surface area (Å²) < 4.78 is 9.45. The molecule has 5 nitrogen and oxygen atoms in total. The molecule has 5 heteroatoms. The van der Waals surface area contributed by atoms with Crippen LogP contribution < -0.4 is 0 Å². The van der Waals surface area contributed by atoms with Gasteiger partial charge in [0, 0.05) is 32.2 Å². The van der Waals surface area contributed by atoms with Crippen molar-refractivity contribution in [2.75, 3.05) is 13.2 Å². The molecule has 0 saturated carbocycles. The average Bonchev–Trinajstić information content (AvgIpc) is 3.26. The van der Waals surface area contributed by atoms with Crippen LogP contribution in [0, 0.1) is 0 Å². The molecule has 2 aromatic rings. The fourth-order valence-corrected chi connectivity index (χ4v) is 2.83. The van der Waals surface area contributed by atoms with E-state index in [2.05, 4.69) is 61.9 Å². The van der Waals surface area contributed by atoms with Crippen LogP contribution in [0.15, 0.2) is 24.8 Å². The third kappa shape index (κ3) is 5.99. The lowest BCUT2D eigenvalue weighted by atomic mass is 10.1. The van der Waals surface area contributed by atoms with Gasteiger partial charge in [0.1, 0.15) is 0 Å². The zero-order valence-corrected chi connectivity index (χ0v) is 16.5. The van der Waals surface area contributed by atoms with Gasteiger partial charge in [0.25, 0.3) is 0 Å². The lowest BCUT2D eigenvalue weighted by Gasteiger charge is -2.22. The Morgan fingerprint density at radius 2 is 1.60 bits per heavy atom. The maximum absolute atomic E-state index is 5.33. The molecule has 0 bridgehead atoms. The fourth-order valence-electron chi connectivity index (χ4n) is 2.83. The van der Waals surface area contributed by atoms with Crippen molar-refractivity contribution >= 4 is 0 Å². The molecule has 2 aromatic heterocycles. The van der Waals surface area contributed by atoms with Crippen LogP contribution in [0.25, 0.3) is 0 Å². The van der Waals surface area contributed by atoms with E-state index in [1.165, 1.54) is 11.1 Å². The van der Waals surface area contributed by atoms with Gasteiger partial charge in [-0.1, -0.05) is 34.6 Å². The highest BCUT2D eigenvalue weighted by Crippen LogP contribution is 2.22. The number of rotatable bonds is 5. The first-order chi connectivity index (χ1) is 12.0. The molecule has 1 aliphatic heterocycles. The van der Waals surface area contributed by atoms with Gasteiger partial charge in [0.2, 0.25) is 0 Å². The monoisotopic (exact) mass is 346 g/mol.